The third-order valence-electron chi connectivity index (χ3n) is 4.43. The lowest BCUT2D eigenvalue weighted by Crippen LogP contribution is -2.32. The molecule has 0 aliphatic heterocycles. The van der Waals surface area contributed by atoms with Crippen molar-refractivity contribution in [3.63, 3.8) is 0 Å². The Morgan fingerprint density at radius 2 is 1.08 bits per heavy atom. The molecule has 0 saturated heterocycles. The Balaban J connectivity index is 2.18. The molecule has 3 aromatic carbocycles. The van der Waals surface area contributed by atoms with Crippen LogP contribution in [-0.2, 0) is 4.79 Å². The molecule has 3 aromatic rings. The van der Waals surface area contributed by atoms with Crippen molar-refractivity contribution < 1.29 is 9.90 Å². The number of allylic oxidation sites excluding steroid dienone is 1. The van der Waals surface area contributed by atoms with Crippen LogP contribution in [0.3, 0.4) is 0 Å². The first-order chi connectivity index (χ1) is 12.7. The molecule has 0 unspecified atom stereocenters. The molecule has 0 saturated carbocycles. The SMILES string of the molecule is O=C(O)C/C=C/C[P+](c1ccccc1)(c1ccccc1)c1ccccc1. The van der Waals surface area contributed by atoms with Gasteiger partial charge in [0.1, 0.15) is 23.2 Å². The van der Waals surface area contributed by atoms with Gasteiger partial charge in [-0.05, 0) is 42.5 Å². The fourth-order valence-corrected chi connectivity index (χ4v) is 7.26. The predicted molar refractivity (Wildman–Crippen MR) is 111 cm³/mol. The van der Waals surface area contributed by atoms with Gasteiger partial charge in [0, 0.05) is 0 Å². The smallest absolute Gasteiger partial charge is 0.307 e. The zero-order valence-corrected chi connectivity index (χ0v) is 15.4. The van der Waals surface area contributed by atoms with E-state index in [1.165, 1.54) is 15.9 Å². The summed E-state index contributed by atoms with van der Waals surface area (Å²) in [6, 6.07) is 31.7. The second kappa shape index (κ2) is 8.60. The molecule has 0 radical (unpaired) electrons. The minimum absolute atomic E-state index is 0.0539. The lowest BCUT2D eigenvalue weighted by molar-refractivity contribution is -0.136. The molecule has 0 aliphatic carbocycles. The number of carboxylic acids is 1. The standard InChI is InChI=1S/C23H21O2P/c24-23(25)18-10-11-19-26(20-12-4-1-5-13-20,21-14-6-2-7-15-21)22-16-8-3-9-17-22/h1-17H,18-19H2/p+1/b11-10+. The lowest BCUT2D eigenvalue weighted by Gasteiger charge is -2.26. The predicted octanol–water partition coefficient (Wildman–Crippen LogP) is 4.01. The molecule has 0 heterocycles. The third kappa shape index (κ3) is 3.92. The summed E-state index contributed by atoms with van der Waals surface area (Å²) in [5.41, 5.74) is 0. The molecule has 0 atom stereocenters. The van der Waals surface area contributed by atoms with Gasteiger partial charge >= 0.3 is 5.97 Å². The highest BCUT2D eigenvalue weighted by molar-refractivity contribution is 7.95. The maximum atomic E-state index is 10.9. The van der Waals surface area contributed by atoms with Gasteiger partial charge in [0.25, 0.3) is 0 Å². The fourth-order valence-electron chi connectivity index (χ4n) is 3.23. The third-order valence-corrected chi connectivity index (χ3v) is 8.73. The summed E-state index contributed by atoms with van der Waals surface area (Å²) in [6.07, 6.45) is 4.66. The van der Waals surface area contributed by atoms with E-state index in [0.717, 1.165) is 6.16 Å². The molecule has 3 rings (SSSR count). The molecular formula is C23H22O2P+. The first-order valence-corrected chi connectivity index (χ1v) is 10.6. The van der Waals surface area contributed by atoms with Crippen LogP contribution in [0.4, 0.5) is 0 Å². The highest BCUT2D eigenvalue weighted by Gasteiger charge is 2.43. The van der Waals surface area contributed by atoms with Crippen LogP contribution in [-0.4, -0.2) is 17.2 Å². The normalized spacial score (nSPS) is 11.5. The minimum Gasteiger partial charge on any atom is -0.481 e. The highest BCUT2D eigenvalue weighted by Crippen LogP contribution is 2.55. The summed E-state index contributed by atoms with van der Waals surface area (Å²) in [7, 11) is -1.89. The number of hydrogen-bond acceptors (Lipinski definition) is 1. The largest absolute Gasteiger partial charge is 0.481 e. The second-order valence-corrected chi connectivity index (χ2v) is 9.60. The molecule has 26 heavy (non-hydrogen) atoms. The first-order valence-electron chi connectivity index (χ1n) is 8.65. The monoisotopic (exact) mass is 361 g/mol. The van der Waals surface area contributed by atoms with Crippen molar-refractivity contribution in [3.8, 4) is 0 Å². The van der Waals surface area contributed by atoms with Crippen LogP contribution in [0.2, 0.25) is 0 Å². The Morgan fingerprint density at radius 1 is 0.692 bits per heavy atom. The van der Waals surface area contributed by atoms with Crippen LogP contribution in [0.15, 0.2) is 103 Å². The summed E-state index contributed by atoms with van der Waals surface area (Å²) < 4.78 is 0. The first kappa shape index (κ1) is 18.1. The van der Waals surface area contributed by atoms with E-state index < -0.39 is 13.2 Å². The van der Waals surface area contributed by atoms with E-state index in [9.17, 15) is 4.79 Å². The number of aliphatic carboxylic acids is 1. The van der Waals surface area contributed by atoms with E-state index in [2.05, 4.69) is 72.8 Å². The molecule has 0 aliphatic rings. The van der Waals surface area contributed by atoms with Crippen molar-refractivity contribution >= 4 is 29.1 Å². The Labute approximate surface area is 155 Å². The van der Waals surface area contributed by atoms with Crippen molar-refractivity contribution in [3.05, 3.63) is 103 Å². The lowest BCUT2D eigenvalue weighted by atomic mass is 10.3. The molecule has 0 fully saturated rings. The molecule has 2 nitrogen and oxygen atoms in total. The van der Waals surface area contributed by atoms with Crippen LogP contribution in [0.1, 0.15) is 6.42 Å². The average Bonchev–Trinajstić information content (AvgIpc) is 2.70. The van der Waals surface area contributed by atoms with E-state index in [1.807, 2.05) is 24.3 Å². The van der Waals surface area contributed by atoms with Crippen molar-refractivity contribution in [1.29, 1.82) is 0 Å². The van der Waals surface area contributed by atoms with Crippen molar-refractivity contribution in [1.82, 2.24) is 0 Å². The van der Waals surface area contributed by atoms with Gasteiger partial charge in [-0.15, -0.1) is 0 Å². The maximum Gasteiger partial charge on any atom is 0.307 e. The summed E-state index contributed by atoms with van der Waals surface area (Å²) in [5.74, 6) is -0.802. The Hall–Kier alpha value is -2.70. The molecule has 0 bridgehead atoms. The molecular weight excluding hydrogens is 339 g/mol. The molecule has 0 amide bonds. The summed E-state index contributed by atoms with van der Waals surface area (Å²) in [5, 5.41) is 12.9. The fraction of sp³-hybridized carbons (Fsp3) is 0.0870. The van der Waals surface area contributed by atoms with E-state index in [4.69, 9.17) is 5.11 Å². The molecule has 0 aromatic heterocycles. The van der Waals surface area contributed by atoms with Crippen LogP contribution in [0.25, 0.3) is 0 Å². The maximum absolute atomic E-state index is 10.9. The van der Waals surface area contributed by atoms with Crippen molar-refractivity contribution in [2.75, 3.05) is 6.16 Å². The number of carbonyl (C=O) groups is 1. The minimum atomic E-state index is -1.89. The van der Waals surface area contributed by atoms with Crippen molar-refractivity contribution in [2.24, 2.45) is 0 Å². The van der Waals surface area contributed by atoms with E-state index in [-0.39, 0.29) is 6.42 Å². The van der Waals surface area contributed by atoms with E-state index in [0.29, 0.717) is 0 Å². The quantitative estimate of drug-likeness (QED) is 0.510. The van der Waals surface area contributed by atoms with E-state index >= 15 is 0 Å². The van der Waals surface area contributed by atoms with Gasteiger partial charge in [-0.25, -0.2) is 0 Å². The zero-order valence-electron chi connectivity index (χ0n) is 14.5. The van der Waals surface area contributed by atoms with Crippen LogP contribution in [0, 0.1) is 0 Å². The number of carboxylic acid groups (broad SMARTS) is 1. The summed E-state index contributed by atoms with van der Waals surface area (Å²) in [6.45, 7) is 0. The van der Waals surface area contributed by atoms with Crippen LogP contribution >= 0.6 is 7.26 Å². The topological polar surface area (TPSA) is 37.3 Å². The Bertz CT molecular complexity index is 762. The van der Waals surface area contributed by atoms with Gasteiger partial charge in [0.2, 0.25) is 0 Å². The van der Waals surface area contributed by atoms with Gasteiger partial charge in [-0.2, -0.15) is 0 Å². The summed E-state index contributed by atoms with van der Waals surface area (Å²) >= 11 is 0. The number of rotatable bonds is 7. The molecule has 0 spiro atoms. The number of hydrogen-bond donors (Lipinski definition) is 1. The van der Waals surface area contributed by atoms with Gasteiger partial charge in [0.05, 0.1) is 12.6 Å². The highest BCUT2D eigenvalue weighted by atomic mass is 31.2. The Kier molecular flexibility index (Phi) is 5.99. The van der Waals surface area contributed by atoms with Gasteiger partial charge in [0.15, 0.2) is 0 Å². The van der Waals surface area contributed by atoms with Gasteiger partial charge in [-0.1, -0.05) is 60.7 Å². The van der Waals surface area contributed by atoms with Gasteiger partial charge < -0.3 is 5.11 Å². The van der Waals surface area contributed by atoms with Gasteiger partial charge in [-0.3, -0.25) is 4.79 Å². The second-order valence-electron chi connectivity index (χ2n) is 6.07. The number of benzene rings is 3. The molecule has 1 N–H and O–H groups in total. The van der Waals surface area contributed by atoms with Crippen LogP contribution in [0.5, 0.6) is 0 Å². The van der Waals surface area contributed by atoms with Crippen LogP contribution < -0.4 is 15.9 Å². The summed E-state index contributed by atoms with van der Waals surface area (Å²) in [4.78, 5) is 10.9. The van der Waals surface area contributed by atoms with E-state index in [1.54, 1.807) is 6.08 Å². The average molecular weight is 361 g/mol. The zero-order chi connectivity index (χ0) is 18.2. The van der Waals surface area contributed by atoms with Crippen molar-refractivity contribution in [2.45, 2.75) is 6.42 Å². The molecule has 3 heteroatoms. The Morgan fingerprint density at radius 3 is 1.42 bits per heavy atom. The molecule has 130 valence electrons.